The lowest BCUT2D eigenvalue weighted by Crippen LogP contribution is -2.61. The number of aliphatic hydroxyl groups is 7. The monoisotopic (exact) mass is 981 g/mol. The van der Waals surface area contributed by atoms with Crippen LogP contribution in [0, 0.1) is 0 Å². The average molecular weight is 981 g/mol. The maximum Gasteiger partial charge on any atom is 0.306 e. The molecule has 400 valence electrons. The van der Waals surface area contributed by atoms with E-state index in [0.29, 0.717) is 13.0 Å². The zero-order chi connectivity index (χ0) is 50.2. The van der Waals surface area contributed by atoms with Gasteiger partial charge in [0, 0.05) is 13.0 Å². The number of carbonyl (C=O) groups excluding carboxylic acids is 1. The van der Waals surface area contributed by atoms with Crippen LogP contribution < -0.4 is 0 Å². The maximum absolute atomic E-state index is 13.0. The molecule has 0 aromatic carbocycles. The fraction of sp³-hybridized carbons (Fsp3) is 0.800. The summed E-state index contributed by atoms with van der Waals surface area (Å²) >= 11 is 0. The zero-order valence-electron chi connectivity index (χ0n) is 42.5. The molecule has 2 saturated heterocycles. The molecule has 14 nitrogen and oxygen atoms in total. The van der Waals surface area contributed by atoms with E-state index in [-0.39, 0.29) is 19.6 Å². The molecule has 0 radical (unpaired) electrons. The molecule has 0 amide bonds. The summed E-state index contributed by atoms with van der Waals surface area (Å²) in [5.74, 6) is -0.394. The van der Waals surface area contributed by atoms with Crippen LogP contribution in [0.25, 0.3) is 0 Å². The van der Waals surface area contributed by atoms with Gasteiger partial charge in [0.15, 0.2) is 12.6 Å². The van der Waals surface area contributed by atoms with Crippen LogP contribution in [-0.4, -0.2) is 142 Å². The van der Waals surface area contributed by atoms with Crippen LogP contribution in [0.1, 0.15) is 181 Å². The fourth-order valence-corrected chi connectivity index (χ4v) is 8.09. The average Bonchev–Trinajstić information content (AvgIpc) is 3.35. The number of carbonyl (C=O) groups is 1. The molecule has 11 atom stereocenters. The summed E-state index contributed by atoms with van der Waals surface area (Å²) in [7, 11) is 0. The third kappa shape index (κ3) is 29.7. The highest BCUT2D eigenvalue weighted by Gasteiger charge is 2.47. The molecule has 0 bridgehead atoms. The van der Waals surface area contributed by atoms with Gasteiger partial charge < -0.3 is 64.2 Å². The van der Waals surface area contributed by atoms with Gasteiger partial charge in [-0.05, 0) is 77.0 Å². The van der Waals surface area contributed by atoms with E-state index in [1.54, 1.807) is 0 Å². The largest absolute Gasteiger partial charge is 0.457 e. The van der Waals surface area contributed by atoms with Gasteiger partial charge in [-0.25, -0.2) is 0 Å². The van der Waals surface area contributed by atoms with Crippen LogP contribution in [0.5, 0.6) is 0 Å². The number of hydrogen-bond acceptors (Lipinski definition) is 14. The van der Waals surface area contributed by atoms with E-state index in [4.69, 9.17) is 28.4 Å². The summed E-state index contributed by atoms with van der Waals surface area (Å²) in [5.41, 5.74) is 0. The Kier molecular flexibility index (Phi) is 38.4. The summed E-state index contributed by atoms with van der Waals surface area (Å²) in [6.45, 7) is 3.56. The number of ether oxygens (including phenoxy) is 6. The van der Waals surface area contributed by atoms with Crippen LogP contribution in [0.2, 0.25) is 0 Å². The standard InChI is InChI=1S/C55H96O14/c1-3-5-7-9-11-13-15-17-19-20-21-22-23-24-25-26-28-30-32-34-36-38-47(57)67-44(41-64-39-37-35-33-31-29-27-18-16-14-12-10-8-6-4-2)42-65-54-53(63)51(61)49(59)46(69-54)43-66-55-52(62)50(60)48(58)45(40-56)68-55/h8,10,14-17,20-21,23-24,44-46,48-56,58-63H,3-7,9,11-13,18-19,22,25-43H2,1-2H3/b10-8-,16-14-,17-15-,21-20-,24-23-. The fourth-order valence-electron chi connectivity index (χ4n) is 8.09. The van der Waals surface area contributed by atoms with Crippen molar-refractivity contribution >= 4 is 5.97 Å². The molecule has 2 aliphatic heterocycles. The molecule has 0 spiro atoms. The highest BCUT2D eigenvalue weighted by Crippen LogP contribution is 2.26. The quantitative estimate of drug-likeness (QED) is 0.0174. The molecule has 0 aromatic heterocycles. The minimum atomic E-state index is -1.71. The summed E-state index contributed by atoms with van der Waals surface area (Å²) in [6.07, 6.45) is 34.2. The van der Waals surface area contributed by atoms with E-state index in [0.717, 1.165) is 96.3 Å². The predicted octanol–water partition coefficient (Wildman–Crippen LogP) is 8.52. The van der Waals surface area contributed by atoms with E-state index >= 15 is 0 Å². The van der Waals surface area contributed by atoms with E-state index < -0.39 is 86.7 Å². The number of allylic oxidation sites excluding steroid dienone is 10. The Bertz CT molecular complexity index is 1370. The Labute approximate surface area is 415 Å². The van der Waals surface area contributed by atoms with Crippen molar-refractivity contribution in [3.63, 3.8) is 0 Å². The third-order valence-electron chi connectivity index (χ3n) is 12.5. The highest BCUT2D eigenvalue weighted by molar-refractivity contribution is 5.69. The smallest absolute Gasteiger partial charge is 0.306 e. The molecule has 0 aromatic rings. The Morgan fingerprint density at radius 3 is 1.46 bits per heavy atom. The first-order valence-corrected chi connectivity index (χ1v) is 26.9. The first-order valence-electron chi connectivity index (χ1n) is 26.9. The van der Waals surface area contributed by atoms with Gasteiger partial charge in [-0.2, -0.15) is 0 Å². The van der Waals surface area contributed by atoms with Crippen molar-refractivity contribution in [3.8, 4) is 0 Å². The Hall–Kier alpha value is -2.31. The Balaban J connectivity index is 1.76. The van der Waals surface area contributed by atoms with Crippen LogP contribution >= 0.6 is 0 Å². The van der Waals surface area contributed by atoms with Gasteiger partial charge in [-0.1, -0.05) is 158 Å². The van der Waals surface area contributed by atoms with E-state index in [2.05, 4.69) is 74.6 Å². The van der Waals surface area contributed by atoms with E-state index in [1.165, 1.54) is 57.8 Å². The van der Waals surface area contributed by atoms with Gasteiger partial charge in [0.1, 0.15) is 54.9 Å². The molecule has 2 aliphatic rings. The molecule has 14 heteroatoms. The molecule has 7 N–H and O–H groups in total. The second kappa shape index (κ2) is 42.2. The molecule has 2 fully saturated rings. The highest BCUT2D eigenvalue weighted by atomic mass is 16.7. The zero-order valence-corrected chi connectivity index (χ0v) is 42.5. The van der Waals surface area contributed by atoms with E-state index in [1.807, 2.05) is 0 Å². The molecule has 2 rings (SSSR count). The first kappa shape index (κ1) is 62.8. The topological polar surface area (TPSA) is 214 Å². The normalized spacial score (nSPS) is 26.2. The number of aliphatic hydroxyl groups excluding tert-OH is 7. The van der Waals surface area contributed by atoms with Gasteiger partial charge in [-0.3, -0.25) is 4.79 Å². The first-order chi connectivity index (χ1) is 33.6. The second-order valence-corrected chi connectivity index (χ2v) is 18.7. The number of unbranched alkanes of at least 4 members (excludes halogenated alkanes) is 18. The summed E-state index contributed by atoms with van der Waals surface area (Å²) < 4.78 is 34.3. The lowest BCUT2D eigenvalue weighted by molar-refractivity contribution is -0.332. The third-order valence-corrected chi connectivity index (χ3v) is 12.5. The van der Waals surface area contributed by atoms with Crippen molar-refractivity contribution in [2.24, 2.45) is 0 Å². The molecule has 11 unspecified atom stereocenters. The molecule has 69 heavy (non-hydrogen) atoms. The maximum atomic E-state index is 13.0. The Morgan fingerprint density at radius 1 is 0.478 bits per heavy atom. The van der Waals surface area contributed by atoms with Crippen LogP contribution in [0.15, 0.2) is 60.8 Å². The van der Waals surface area contributed by atoms with Crippen molar-refractivity contribution in [3.05, 3.63) is 60.8 Å². The second-order valence-electron chi connectivity index (χ2n) is 18.7. The predicted molar refractivity (Wildman–Crippen MR) is 270 cm³/mol. The number of hydrogen-bond donors (Lipinski definition) is 7. The lowest BCUT2D eigenvalue weighted by atomic mass is 9.98. The molecule has 0 aliphatic carbocycles. The summed E-state index contributed by atoms with van der Waals surface area (Å²) in [5, 5.41) is 72.2. The molecule has 2 heterocycles. The van der Waals surface area contributed by atoms with Crippen molar-refractivity contribution in [1.82, 2.24) is 0 Å². The molecule has 0 saturated carbocycles. The van der Waals surface area contributed by atoms with Crippen molar-refractivity contribution in [2.45, 2.75) is 248 Å². The summed E-state index contributed by atoms with van der Waals surface area (Å²) in [4.78, 5) is 13.0. The number of esters is 1. The van der Waals surface area contributed by atoms with Gasteiger partial charge in [0.2, 0.25) is 0 Å². The van der Waals surface area contributed by atoms with Crippen molar-refractivity contribution < 1.29 is 69.0 Å². The van der Waals surface area contributed by atoms with Crippen molar-refractivity contribution in [1.29, 1.82) is 0 Å². The summed E-state index contributed by atoms with van der Waals surface area (Å²) in [6, 6.07) is 0. The van der Waals surface area contributed by atoms with Gasteiger partial charge in [0.05, 0.1) is 26.4 Å². The SMILES string of the molecule is CCC/C=C\C/C=C\CCCCCCCCOCC(COC1OC(COC2OC(CO)C(O)C(O)C2O)C(O)C(O)C1O)OC(=O)CCCCCCCC/C=C\C/C=C\C/C=C\CCCCCCC. The lowest BCUT2D eigenvalue weighted by Gasteiger charge is -2.42. The minimum Gasteiger partial charge on any atom is -0.457 e. The molecular weight excluding hydrogens is 885 g/mol. The van der Waals surface area contributed by atoms with Crippen LogP contribution in [0.4, 0.5) is 0 Å². The minimum absolute atomic E-state index is 0.0464. The molecular formula is C55H96O14. The number of rotatable bonds is 42. The van der Waals surface area contributed by atoms with Crippen LogP contribution in [-0.2, 0) is 33.2 Å². The Morgan fingerprint density at radius 2 is 0.928 bits per heavy atom. The van der Waals surface area contributed by atoms with Crippen molar-refractivity contribution in [2.75, 3.05) is 33.0 Å². The van der Waals surface area contributed by atoms with Crippen LogP contribution in [0.3, 0.4) is 0 Å². The van der Waals surface area contributed by atoms with Gasteiger partial charge in [0.25, 0.3) is 0 Å². The van der Waals surface area contributed by atoms with E-state index in [9.17, 15) is 40.5 Å². The van der Waals surface area contributed by atoms with Gasteiger partial charge in [-0.15, -0.1) is 0 Å². The van der Waals surface area contributed by atoms with Gasteiger partial charge >= 0.3 is 5.97 Å².